The summed E-state index contributed by atoms with van der Waals surface area (Å²) in [5.41, 5.74) is 3.77. The van der Waals surface area contributed by atoms with E-state index in [1.807, 2.05) is 62.4 Å². The van der Waals surface area contributed by atoms with Crippen molar-refractivity contribution in [3.05, 3.63) is 76.9 Å². The predicted molar refractivity (Wildman–Crippen MR) is 134 cm³/mol. The van der Waals surface area contributed by atoms with Crippen molar-refractivity contribution in [1.29, 1.82) is 0 Å². The number of aliphatic hydroxyl groups is 1. The van der Waals surface area contributed by atoms with E-state index in [0.717, 1.165) is 40.1 Å². The van der Waals surface area contributed by atoms with Gasteiger partial charge in [-0.3, -0.25) is 4.90 Å². The van der Waals surface area contributed by atoms with E-state index in [1.54, 1.807) is 20.3 Å². The Hall–Kier alpha value is -2.87. The fourth-order valence-corrected chi connectivity index (χ4v) is 5.31. The van der Waals surface area contributed by atoms with Gasteiger partial charge in [-0.15, -0.1) is 0 Å². The van der Waals surface area contributed by atoms with Crippen LogP contribution >= 0.6 is 12.0 Å². The summed E-state index contributed by atoms with van der Waals surface area (Å²) < 4.78 is 17.0. The maximum absolute atomic E-state index is 11.4. The summed E-state index contributed by atoms with van der Waals surface area (Å²) in [7, 11) is 3.17. The Morgan fingerprint density at radius 1 is 0.941 bits per heavy atom. The highest BCUT2D eigenvalue weighted by Gasteiger charge is 2.40. The van der Waals surface area contributed by atoms with E-state index in [-0.39, 0.29) is 11.8 Å². The molecule has 0 saturated heterocycles. The number of aromatic hydroxyl groups is 1. The van der Waals surface area contributed by atoms with Crippen LogP contribution in [0.5, 0.6) is 23.0 Å². The number of hydrogen-bond acceptors (Lipinski definition) is 7. The molecule has 0 fully saturated rings. The smallest absolute Gasteiger partial charge is 0.184 e. The molecule has 2 aliphatic heterocycles. The minimum absolute atomic E-state index is 0.0871. The number of fused-ring (bicyclic) bond motifs is 4. The molecular weight excluding hydrogens is 450 g/mol. The molecule has 2 unspecified atom stereocenters. The van der Waals surface area contributed by atoms with Crippen molar-refractivity contribution in [2.75, 3.05) is 20.8 Å². The van der Waals surface area contributed by atoms with E-state index >= 15 is 0 Å². The van der Waals surface area contributed by atoms with E-state index < -0.39 is 6.10 Å². The number of aliphatic hydroxyl groups excluding tert-OH is 1. The van der Waals surface area contributed by atoms with Crippen LogP contribution in [0.2, 0.25) is 0 Å². The number of methoxy groups -OCH3 is 2. The van der Waals surface area contributed by atoms with Gasteiger partial charge in [-0.05, 0) is 53.4 Å². The fraction of sp³-hybridized carbons (Fsp3) is 0.333. The normalized spacial score (nSPS) is 18.5. The van der Waals surface area contributed by atoms with Crippen LogP contribution in [0.3, 0.4) is 0 Å². The molecule has 0 spiro atoms. The van der Waals surface area contributed by atoms with Gasteiger partial charge in [0.1, 0.15) is 0 Å². The number of ether oxygens (including phenoxy) is 2. The Balaban J connectivity index is 0.00000133. The van der Waals surface area contributed by atoms with E-state index in [1.165, 1.54) is 12.0 Å². The van der Waals surface area contributed by atoms with Crippen molar-refractivity contribution in [3.63, 3.8) is 0 Å². The van der Waals surface area contributed by atoms with Crippen molar-refractivity contribution < 1.29 is 23.9 Å². The average molecular weight is 482 g/mol. The second-order valence-electron chi connectivity index (χ2n) is 7.98. The third-order valence-electron chi connectivity index (χ3n) is 6.24. The number of rotatable bonds is 5. The second kappa shape index (κ2) is 10.6. The van der Waals surface area contributed by atoms with Crippen LogP contribution in [0.1, 0.15) is 48.2 Å². The largest absolute Gasteiger partial charge is 0.504 e. The number of hydrogen-bond donors (Lipinski definition) is 2. The van der Waals surface area contributed by atoms with Crippen LogP contribution < -0.4 is 13.7 Å². The molecule has 2 N–H and O–H groups in total. The topological polar surface area (TPSA) is 71.4 Å². The number of phenols is 1. The lowest BCUT2D eigenvalue weighted by atomic mass is 9.81. The first-order valence-electron chi connectivity index (χ1n) is 11.5. The Morgan fingerprint density at radius 3 is 2.38 bits per heavy atom. The fourth-order valence-electron chi connectivity index (χ4n) is 4.68. The van der Waals surface area contributed by atoms with Crippen molar-refractivity contribution >= 4 is 12.0 Å². The number of phenolic OH excluding ortho intramolecular Hbond substituents is 1. The highest BCUT2D eigenvalue weighted by molar-refractivity contribution is 7.95. The number of nitrogens with zero attached hydrogens (tertiary/aromatic N) is 1. The van der Waals surface area contributed by atoms with Crippen molar-refractivity contribution in [2.24, 2.45) is 0 Å². The van der Waals surface area contributed by atoms with Gasteiger partial charge in [0.2, 0.25) is 0 Å². The van der Waals surface area contributed by atoms with Crippen LogP contribution in [-0.4, -0.2) is 35.9 Å². The molecule has 6 nitrogen and oxygen atoms in total. The third-order valence-corrected chi connectivity index (χ3v) is 6.96. The van der Waals surface area contributed by atoms with E-state index in [4.69, 9.17) is 13.7 Å². The van der Waals surface area contributed by atoms with Gasteiger partial charge in [-0.25, -0.2) is 0 Å². The van der Waals surface area contributed by atoms with Gasteiger partial charge in [-0.1, -0.05) is 38.1 Å². The molecule has 0 saturated carbocycles. The van der Waals surface area contributed by atoms with E-state index in [9.17, 15) is 10.2 Å². The zero-order chi connectivity index (χ0) is 24.2. The standard InChI is InChI=1S/C25H25NO5S.C2H6/c1-29-21-9-8-17-19(25(21)31-32-16-6-4-3-5-7-16)14-26-11-10-15-12-22(30-2)20(27)13-18(15)23(26)24(17)28;1-2/h3-9,12-13,23-24,27-28H,10-11,14H2,1-2H3;1-2H3. The summed E-state index contributed by atoms with van der Waals surface area (Å²) in [5, 5.41) is 21.8. The van der Waals surface area contributed by atoms with E-state index in [0.29, 0.717) is 23.8 Å². The van der Waals surface area contributed by atoms with Gasteiger partial charge in [0.15, 0.2) is 23.0 Å². The van der Waals surface area contributed by atoms with Crippen LogP contribution in [-0.2, 0) is 13.0 Å². The molecular formula is C27H31NO5S. The molecule has 34 heavy (non-hydrogen) atoms. The summed E-state index contributed by atoms with van der Waals surface area (Å²) in [4.78, 5) is 3.22. The summed E-state index contributed by atoms with van der Waals surface area (Å²) in [6.07, 6.45) is 0.0456. The van der Waals surface area contributed by atoms with Gasteiger partial charge in [0, 0.05) is 23.5 Å². The van der Waals surface area contributed by atoms with Crippen molar-refractivity contribution in [1.82, 2.24) is 4.90 Å². The first kappa shape index (κ1) is 24.3. The molecule has 0 amide bonds. The highest BCUT2D eigenvalue weighted by Crippen LogP contribution is 2.50. The van der Waals surface area contributed by atoms with Gasteiger partial charge >= 0.3 is 0 Å². The maximum atomic E-state index is 11.4. The zero-order valence-electron chi connectivity index (χ0n) is 19.9. The molecule has 3 aromatic rings. The predicted octanol–water partition coefficient (Wildman–Crippen LogP) is 5.67. The molecule has 0 radical (unpaired) electrons. The Bertz CT molecular complexity index is 1140. The minimum Gasteiger partial charge on any atom is -0.504 e. The van der Waals surface area contributed by atoms with Crippen molar-refractivity contribution in [2.45, 2.75) is 43.9 Å². The Labute approximate surface area is 205 Å². The lowest BCUT2D eigenvalue weighted by molar-refractivity contribution is 0.0198. The van der Waals surface area contributed by atoms with Gasteiger partial charge in [0.05, 0.1) is 38.4 Å². The summed E-state index contributed by atoms with van der Waals surface area (Å²) in [6, 6.07) is 17.0. The monoisotopic (exact) mass is 481 g/mol. The van der Waals surface area contributed by atoms with Crippen LogP contribution in [0.4, 0.5) is 0 Å². The molecule has 5 rings (SSSR count). The van der Waals surface area contributed by atoms with Crippen LogP contribution in [0.25, 0.3) is 0 Å². The quantitative estimate of drug-likeness (QED) is 0.455. The highest BCUT2D eigenvalue weighted by atomic mass is 32.2. The zero-order valence-corrected chi connectivity index (χ0v) is 20.8. The first-order valence-corrected chi connectivity index (χ1v) is 12.3. The average Bonchev–Trinajstić information content (AvgIpc) is 2.88. The third kappa shape index (κ3) is 4.43. The molecule has 2 heterocycles. The lowest BCUT2D eigenvalue weighted by Crippen LogP contribution is -2.41. The summed E-state index contributed by atoms with van der Waals surface area (Å²) in [5.74, 6) is 1.82. The van der Waals surface area contributed by atoms with Crippen LogP contribution in [0.15, 0.2) is 59.5 Å². The number of benzene rings is 3. The lowest BCUT2D eigenvalue weighted by Gasteiger charge is -2.44. The molecule has 180 valence electrons. The van der Waals surface area contributed by atoms with Gasteiger partial charge in [0.25, 0.3) is 0 Å². The molecule has 3 aromatic carbocycles. The molecule has 0 bridgehead atoms. The Kier molecular flexibility index (Phi) is 7.56. The molecule has 2 aliphatic rings. The molecule has 7 heteroatoms. The second-order valence-corrected chi connectivity index (χ2v) is 8.78. The Morgan fingerprint density at radius 2 is 1.68 bits per heavy atom. The summed E-state index contributed by atoms with van der Waals surface area (Å²) >= 11 is 1.27. The molecule has 2 atom stereocenters. The SMILES string of the molecule is CC.COc1cc2c(cc1O)C1C(O)c3ccc(OC)c(OSc4ccccc4)c3CN1CC2. The van der Waals surface area contributed by atoms with Crippen molar-refractivity contribution in [3.8, 4) is 23.0 Å². The van der Waals surface area contributed by atoms with Crippen LogP contribution in [0, 0.1) is 0 Å². The maximum Gasteiger partial charge on any atom is 0.184 e. The molecule has 0 aliphatic carbocycles. The summed E-state index contributed by atoms with van der Waals surface area (Å²) in [6.45, 7) is 5.40. The van der Waals surface area contributed by atoms with Gasteiger partial charge < -0.3 is 23.9 Å². The first-order chi connectivity index (χ1) is 16.6. The molecule has 0 aromatic heterocycles. The van der Waals surface area contributed by atoms with E-state index in [2.05, 4.69) is 4.90 Å². The van der Waals surface area contributed by atoms with Gasteiger partial charge in [-0.2, -0.15) is 0 Å². The minimum atomic E-state index is -0.763.